The Bertz CT molecular complexity index is 403. The molecule has 0 radical (unpaired) electrons. The highest BCUT2D eigenvalue weighted by atomic mass is 35.5. The molecule has 0 bridgehead atoms. The number of halogens is 1. The highest BCUT2D eigenvalue weighted by Crippen LogP contribution is 2.15. The fraction of sp³-hybridized carbons (Fsp3) is 0.636. The van der Waals surface area contributed by atoms with E-state index in [-0.39, 0.29) is 16.6 Å². The second-order valence-electron chi connectivity index (χ2n) is 3.96. The summed E-state index contributed by atoms with van der Waals surface area (Å²) in [5, 5.41) is 9.36. The van der Waals surface area contributed by atoms with Gasteiger partial charge in [0.15, 0.2) is 0 Å². The number of anilines is 1. The van der Waals surface area contributed by atoms with Crippen molar-refractivity contribution in [2.75, 3.05) is 25.0 Å². The van der Waals surface area contributed by atoms with Gasteiger partial charge in [0, 0.05) is 12.6 Å². The van der Waals surface area contributed by atoms with Gasteiger partial charge in [-0.25, -0.2) is 5.10 Å². The van der Waals surface area contributed by atoms with Crippen LogP contribution in [0.3, 0.4) is 0 Å². The summed E-state index contributed by atoms with van der Waals surface area (Å²) in [6, 6.07) is 0.205. The van der Waals surface area contributed by atoms with E-state index in [1.807, 2.05) is 0 Å². The van der Waals surface area contributed by atoms with Gasteiger partial charge in [-0.2, -0.15) is 5.10 Å². The molecule has 1 heterocycles. The van der Waals surface area contributed by atoms with Crippen LogP contribution in [0.25, 0.3) is 0 Å². The summed E-state index contributed by atoms with van der Waals surface area (Å²) in [6.45, 7) is 9.20. The van der Waals surface area contributed by atoms with Crippen molar-refractivity contribution in [3.8, 4) is 0 Å². The molecule has 17 heavy (non-hydrogen) atoms. The largest absolute Gasteiger partial charge is 0.379 e. The van der Waals surface area contributed by atoms with E-state index in [1.165, 1.54) is 6.20 Å². The lowest BCUT2D eigenvalue weighted by atomic mass is 10.3. The normalized spacial score (nSPS) is 12.8. The first-order valence-electron chi connectivity index (χ1n) is 5.80. The van der Waals surface area contributed by atoms with Crippen molar-refractivity contribution >= 4 is 17.3 Å². The second kappa shape index (κ2) is 6.61. The average molecular weight is 259 g/mol. The minimum Gasteiger partial charge on any atom is -0.379 e. The molecule has 96 valence electrons. The molecule has 1 atom stereocenters. The van der Waals surface area contributed by atoms with E-state index in [1.54, 1.807) is 0 Å². The maximum absolute atomic E-state index is 11.3. The quantitative estimate of drug-likeness (QED) is 0.813. The van der Waals surface area contributed by atoms with Gasteiger partial charge in [0.2, 0.25) is 0 Å². The molecule has 0 saturated heterocycles. The van der Waals surface area contributed by atoms with E-state index < -0.39 is 0 Å². The monoisotopic (exact) mass is 258 g/mol. The van der Waals surface area contributed by atoms with Crippen LogP contribution in [-0.2, 0) is 0 Å². The van der Waals surface area contributed by atoms with E-state index in [0.29, 0.717) is 5.69 Å². The Kier molecular flexibility index (Phi) is 5.44. The number of hydrogen-bond donors (Lipinski definition) is 2. The summed E-state index contributed by atoms with van der Waals surface area (Å²) in [6.07, 6.45) is 1.53. The molecule has 0 aliphatic rings. The molecule has 0 saturated carbocycles. The van der Waals surface area contributed by atoms with Crippen LogP contribution >= 0.6 is 11.6 Å². The summed E-state index contributed by atoms with van der Waals surface area (Å²) >= 11 is 5.88. The molecular weight excluding hydrogens is 240 g/mol. The lowest BCUT2D eigenvalue weighted by molar-refractivity contribution is 0.295. The Labute approximate surface area is 106 Å². The zero-order valence-corrected chi connectivity index (χ0v) is 11.2. The number of aromatic amines is 1. The van der Waals surface area contributed by atoms with Crippen molar-refractivity contribution in [1.82, 2.24) is 15.1 Å². The smallest absolute Gasteiger partial charge is 0.285 e. The van der Waals surface area contributed by atoms with Crippen molar-refractivity contribution in [1.29, 1.82) is 0 Å². The minimum atomic E-state index is -0.369. The van der Waals surface area contributed by atoms with Gasteiger partial charge >= 0.3 is 0 Å². The first-order valence-corrected chi connectivity index (χ1v) is 6.18. The topological polar surface area (TPSA) is 61.0 Å². The summed E-state index contributed by atoms with van der Waals surface area (Å²) in [7, 11) is 0. The predicted molar refractivity (Wildman–Crippen MR) is 70.7 cm³/mol. The third kappa shape index (κ3) is 4.02. The van der Waals surface area contributed by atoms with Crippen LogP contribution in [0.15, 0.2) is 11.0 Å². The highest BCUT2D eigenvalue weighted by molar-refractivity contribution is 6.32. The number of aromatic nitrogens is 2. The lowest BCUT2D eigenvalue weighted by Crippen LogP contribution is -2.35. The molecule has 0 fully saturated rings. The van der Waals surface area contributed by atoms with Crippen molar-refractivity contribution in [3.63, 3.8) is 0 Å². The Hall–Kier alpha value is -1.07. The van der Waals surface area contributed by atoms with E-state index in [0.717, 1.165) is 19.6 Å². The maximum atomic E-state index is 11.3. The van der Waals surface area contributed by atoms with Gasteiger partial charge in [-0.3, -0.25) is 4.79 Å². The number of rotatable bonds is 6. The Morgan fingerprint density at radius 3 is 2.76 bits per heavy atom. The Morgan fingerprint density at radius 1 is 1.53 bits per heavy atom. The molecule has 0 aliphatic heterocycles. The molecule has 6 heteroatoms. The first-order chi connectivity index (χ1) is 8.08. The second-order valence-corrected chi connectivity index (χ2v) is 4.34. The lowest BCUT2D eigenvalue weighted by Gasteiger charge is -2.24. The van der Waals surface area contributed by atoms with Crippen LogP contribution in [0.5, 0.6) is 0 Å². The number of nitrogens with zero attached hydrogens (tertiary/aromatic N) is 2. The van der Waals surface area contributed by atoms with Gasteiger partial charge in [0.1, 0.15) is 5.02 Å². The fourth-order valence-corrected chi connectivity index (χ4v) is 1.81. The molecule has 0 aliphatic carbocycles. The molecule has 1 rings (SSSR count). The van der Waals surface area contributed by atoms with E-state index in [9.17, 15) is 4.79 Å². The van der Waals surface area contributed by atoms with Crippen molar-refractivity contribution in [2.45, 2.75) is 26.8 Å². The van der Waals surface area contributed by atoms with Crippen LogP contribution in [-0.4, -0.2) is 40.8 Å². The fourth-order valence-electron chi connectivity index (χ4n) is 1.66. The summed E-state index contributed by atoms with van der Waals surface area (Å²) in [5.41, 5.74) is 0.210. The van der Waals surface area contributed by atoms with Crippen molar-refractivity contribution < 1.29 is 0 Å². The van der Waals surface area contributed by atoms with Gasteiger partial charge in [0.05, 0.1) is 11.9 Å². The molecule has 0 spiro atoms. The van der Waals surface area contributed by atoms with Crippen LogP contribution in [0.2, 0.25) is 5.02 Å². The van der Waals surface area contributed by atoms with Crippen LogP contribution in [0.4, 0.5) is 5.69 Å². The third-order valence-corrected chi connectivity index (χ3v) is 3.00. The minimum absolute atomic E-state index is 0.159. The number of nitrogens with one attached hydrogen (secondary N) is 2. The summed E-state index contributed by atoms with van der Waals surface area (Å²) in [5.74, 6) is 0. The summed E-state index contributed by atoms with van der Waals surface area (Å²) < 4.78 is 0. The van der Waals surface area contributed by atoms with Gasteiger partial charge < -0.3 is 10.2 Å². The number of hydrogen-bond acceptors (Lipinski definition) is 4. The van der Waals surface area contributed by atoms with Crippen LogP contribution in [0, 0.1) is 0 Å². The Balaban J connectivity index is 2.65. The van der Waals surface area contributed by atoms with E-state index in [4.69, 9.17) is 11.6 Å². The van der Waals surface area contributed by atoms with Gasteiger partial charge in [0.25, 0.3) is 5.56 Å². The van der Waals surface area contributed by atoms with Crippen LogP contribution < -0.4 is 10.9 Å². The summed E-state index contributed by atoms with van der Waals surface area (Å²) in [4.78, 5) is 13.6. The Morgan fingerprint density at radius 2 is 2.18 bits per heavy atom. The SMILES string of the molecule is CCN(CC)CC(C)Nc1cn[nH]c(=O)c1Cl. The molecule has 1 unspecified atom stereocenters. The molecule has 5 nitrogen and oxygen atoms in total. The standard InChI is InChI=1S/C11H19ClN4O/c1-4-16(5-2)7-8(3)14-9-6-13-15-11(17)10(9)12/h6,8H,4-5,7H2,1-3H3,(H2,14,15,17). The van der Waals surface area contributed by atoms with Crippen molar-refractivity contribution in [2.24, 2.45) is 0 Å². The number of likely N-dealkylation sites (N-methyl/N-ethyl adjacent to an activating group) is 1. The number of H-pyrrole nitrogens is 1. The molecule has 1 aromatic rings. The average Bonchev–Trinajstić information content (AvgIpc) is 2.32. The van der Waals surface area contributed by atoms with Gasteiger partial charge in [-0.1, -0.05) is 25.4 Å². The predicted octanol–water partition coefficient (Wildman–Crippen LogP) is 1.57. The zero-order chi connectivity index (χ0) is 12.8. The van der Waals surface area contributed by atoms with Crippen LogP contribution in [0.1, 0.15) is 20.8 Å². The first kappa shape index (κ1) is 14.0. The van der Waals surface area contributed by atoms with Gasteiger partial charge in [-0.15, -0.1) is 0 Å². The molecule has 1 aromatic heterocycles. The molecule has 2 N–H and O–H groups in total. The zero-order valence-electron chi connectivity index (χ0n) is 10.5. The van der Waals surface area contributed by atoms with E-state index >= 15 is 0 Å². The molecular formula is C11H19ClN4O. The molecule has 0 aromatic carbocycles. The van der Waals surface area contributed by atoms with E-state index in [2.05, 4.69) is 41.2 Å². The maximum Gasteiger partial charge on any atom is 0.285 e. The van der Waals surface area contributed by atoms with Crippen molar-refractivity contribution in [3.05, 3.63) is 21.6 Å². The molecule has 0 amide bonds. The third-order valence-electron chi connectivity index (χ3n) is 2.62. The highest BCUT2D eigenvalue weighted by Gasteiger charge is 2.10. The van der Waals surface area contributed by atoms with Gasteiger partial charge in [-0.05, 0) is 20.0 Å².